The number of carbonyl (C=O) groups excluding carboxylic acids is 2. The normalized spacial score (nSPS) is 25.4. The van der Waals surface area contributed by atoms with Crippen molar-refractivity contribution in [3.63, 3.8) is 0 Å². The lowest BCUT2D eigenvalue weighted by Crippen LogP contribution is -2.48. The second kappa shape index (κ2) is 6.12. The van der Waals surface area contributed by atoms with Crippen LogP contribution in [0.15, 0.2) is 30.4 Å². The molecule has 2 atom stereocenters. The second-order valence-corrected chi connectivity index (χ2v) is 7.40. The fraction of sp³-hybridized carbons (Fsp3) is 0.444. The van der Waals surface area contributed by atoms with E-state index in [4.69, 9.17) is 25.8 Å². The number of methoxy groups -OCH3 is 1. The minimum Gasteiger partial charge on any atom is -0.443 e. The highest BCUT2D eigenvalue weighted by Gasteiger charge is 2.56. The fourth-order valence-electron chi connectivity index (χ4n) is 2.99. The van der Waals surface area contributed by atoms with E-state index in [0.29, 0.717) is 16.3 Å². The molecule has 1 aromatic carbocycles. The molecular formula is C18H20ClNO5. The van der Waals surface area contributed by atoms with E-state index < -0.39 is 29.5 Å². The molecule has 1 unspecified atom stereocenters. The summed E-state index contributed by atoms with van der Waals surface area (Å²) >= 11 is 6.13. The Labute approximate surface area is 151 Å². The molecule has 0 saturated heterocycles. The van der Waals surface area contributed by atoms with E-state index in [2.05, 4.69) is 0 Å². The van der Waals surface area contributed by atoms with Gasteiger partial charge in [0.05, 0.1) is 5.69 Å². The zero-order chi connectivity index (χ0) is 18.4. The Hall–Kier alpha value is -1.89. The molecule has 2 aliphatic heterocycles. The number of halogens is 1. The van der Waals surface area contributed by atoms with E-state index in [1.807, 2.05) is 0 Å². The Morgan fingerprint density at radius 3 is 2.76 bits per heavy atom. The topological polar surface area (TPSA) is 65.1 Å². The van der Waals surface area contributed by atoms with Crippen LogP contribution in [0.3, 0.4) is 0 Å². The third-order valence-electron chi connectivity index (χ3n) is 4.01. The molecule has 0 bridgehead atoms. The quantitative estimate of drug-likeness (QED) is 0.709. The molecule has 134 valence electrons. The summed E-state index contributed by atoms with van der Waals surface area (Å²) in [5, 5.41) is 0.448. The van der Waals surface area contributed by atoms with Crippen molar-refractivity contribution in [2.45, 2.75) is 44.7 Å². The van der Waals surface area contributed by atoms with Crippen molar-refractivity contribution in [3.8, 4) is 0 Å². The summed E-state index contributed by atoms with van der Waals surface area (Å²) in [4.78, 5) is 26.9. The van der Waals surface area contributed by atoms with Gasteiger partial charge in [-0.3, -0.25) is 4.79 Å². The van der Waals surface area contributed by atoms with Gasteiger partial charge in [-0.25, -0.2) is 9.69 Å². The average molecular weight is 366 g/mol. The Balaban J connectivity index is 2.09. The van der Waals surface area contributed by atoms with Crippen LogP contribution in [0.2, 0.25) is 5.02 Å². The van der Waals surface area contributed by atoms with Crippen LogP contribution in [0.1, 0.15) is 32.8 Å². The van der Waals surface area contributed by atoms with Crippen molar-refractivity contribution >= 4 is 29.3 Å². The molecule has 6 nitrogen and oxygen atoms in total. The van der Waals surface area contributed by atoms with Crippen LogP contribution in [0.4, 0.5) is 10.5 Å². The van der Waals surface area contributed by atoms with Gasteiger partial charge in [-0.2, -0.15) is 0 Å². The summed E-state index contributed by atoms with van der Waals surface area (Å²) in [6.07, 6.45) is 2.36. The van der Waals surface area contributed by atoms with Gasteiger partial charge in [-0.1, -0.05) is 17.7 Å². The van der Waals surface area contributed by atoms with Crippen LogP contribution >= 0.6 is 11.6 Å². The predicted molar refractivity (Wildman–Crippen MR) is 92.5 cm³/mol. The van der Waals surface area contributed by atoms with Crippen molar-refractivity contribution in [2.75, 3.05) is 12.0 Å². The Morgan fingerprint density at radius 1 is 1.40 bits per heavy atom. The monoisotopic (exact) mass is 365 g/mol. The summed E-state index contributed by atoms with van der Waals surface area (Å²) in [5.41, 5.74) is -1.15. The van der Waals surface area contributed by atoms with Gasteiger partial charge in [-0.05, 0) is 45.0 Å². The third-order valence-corrected chi connectivity index (χ3v) is 4.24. The summed E-state index contributed by atoms with van der Waals surface area (Å²) in [6, 6.07) is 4.89. The first-order chi connectivity index (χ1) is 11.7. The molecule has 7 heteroatoms. The highest BCUT2D eigenvalue weighted by Crippen LogP contribution is 2.48. The number of ether oxygens (including phenoxy) is 3. The first-order valence-corrected chi connectivity index (χ1v) is 8.30. The van der Waals surface area contributed by atoms with Gasteiger partial charge in [0.2, 0.25) is 0 Å². The fourth-order valence-corrected chi connectivity index (χ4v) is 3.16. The van der Waals surface area contributed by atoms with Crippen molar-refractivity contribution in [1.82, 2.24) is 0 Å². The first-order valence-electron chi connectivity index (χ1n) is 7.93. The maximum absolute atomic E-state index is 13.2. The maximum atomic E-state index is 13.2. The SMILES string of the molecule is COC1C=CC[C@]2(O1)C(=O)N(C(=O)OC(C)(C)C)c1ccc(Cl)cc12. The lowest BCUT2D eigenvalue weighted by molar-refractivity contribution is -0.190. The van der Waals surface area contributed by atoms with Crippen LogP contribution in [-0.4, -0.2) is 31.0 Å². The molecule has 0 aliphatic carbocycles. The summed E-state index contributed by atoms with van der Waals surface area (Å²) in [7, 11) is 1.48. The summed E-state index contributed by atoms with van der Waals surface area (Å²) in [5.74, 6) is -0.509. The summed E-state index contributed by atoms with van der Waals surface area (Å²) in [6.45, 7) is 5.22. The zero-order valence-electron chi connectivity index (χ0n) is 14.5. The van der Waals surface area contributed by atoms with Crippen LogP contribution in [0, 0.1) is 0 Å². The van der Waals surface area contributed by atoms with E-state index in [1.165, 1.54) is 7.11 Å². The number of rotatable bonds is 1. The smallest absolute Gasteiger partial charge is 0.421 e. The molecule has 0 radical (unpaired) electrons. The van der Waals surface area contributed by atoms with Crippen molar-refractivity contribution in [3.05, 3.63) is 40.9 Å². The zero-order valence-corrected chi connectivity index (χ0v) is 15.3. The van der Waals surface area contributed by atoms with Gasteiger partial charge in [0.1, 0.15) is 5.60 Å². The molecule has 0 N–H and O–H groups in total. The van der Waals surface area contributed by atoms with Gasteiger partial charge >= 0.3 is 6.09 Å². The second-order valence-electron chi connectivity index (χ2n) is 6.96. The molecule has 0 saturated carbocycles. The largest absolute Gasteiger partial charge is 0.443 e. The van der Waals surface area contributed by atoms with Crippen molar-refractivity contribution < 1.29 is 23.8 Å². The van der Waals surface area contributed by atoms with Crippen molar-refractivity contribution in [2.24, 2.45) is 0 Å². The van der Waals surface area contributed by atoms with Gasteiger partial charge in [0.15, 0.2) is 11.9 Å². The number of amides is 2. The summed E-state index contributed by atoms with van der Waals surface area (Å²) < 4.78 is 16.5. The number of imide groups is 1. The van der Waals surface area contributed by atoms with E-state index in [1.54, 1.807) is 51.1 Å². The Morgan fingerprint density at radius 2 is 2.12 bits per heavy atom. The van der Waals surface area contributed by atoms with Gasteiger partial charge in [0.25, 0.3) is 5.91 Å². The highest BCUT2D eigenvalue weighted by atomic mass is 35.5. The van der Waals surface area contributed by atoms with E-state index in [9.17, 15) is 9.59 Å². The number of hydrogen-bond acceptors (Lipinski definition) is 5. The minimum atomic E-state index is -1.35. The molecule has 2 aliphatic rings. The Bertz CT molecular complexity index is 754. The minimum absolute atomic E-state index is 0.276. The van der Waals surface area contributed by atoms with Gasteiger partial charge in [0, 0.05) is 24.1 Å². The van der Waals surface area contributed by atoms with E-state index >= 15 is 0 Å². The van der Waals surface area contributed by atoms with E-state index in [-0.39, 0.29) is 6.42 Å². The van der Waals surface area contributed by atoms with Crippen molar-refractivity contribution in [1.29, 1.82) is 0 Å². The molecule has 3 rings (SSSR count). The number of carbonyl (C=O) groups is 2. The lowest BCUT2D eigenvalue weighted by Gasteiger charge is -2.33. The molecular weight excluding hydrogens is 346 g/mol. The molecule has 0 aromatic heterocycles. The van der Waals surface area contributed by atoms with Gasteiger partial charge < -0.3 is 14.2 Å². The number of nitrogens with zero attached hydrogens (tertiary/aromatic N) is 1. The molecule has 2 heterocycles. The molecule has 25 heavy (non-hydrogen) atoms. The molecule has 2 amide bonds. The molecule has 1 aromatic rings. The van der Waals surface area contributed by atoms with Crippen LogP contribution in [-0.2, 0) is 24.6 Å². The highest BCUT2D eigenvalue weighted by molar-refractivity contribution is 6.31. The lowest BCUT2D eigenvalue weighted by atomic mass is 9.90. The molecule has 1 spiro atoms. The number of hydrogen-bond donors (Lipinski definition) is 0. The Kier molecular flexibility index (Phi) is 4.39. The number of anilines is 1. The maximum Gasteiger partial charge on any atom is 0.421 e. The van der Waals surface area contributed by atoms with E-state index in [0.717, 1.165) is 4.90 Å². The standard InChI is InChI=1S/C18H20ClNO5/c1-17(2,3)25-16(22)20-13-8-7-11(19)10-12(13)18(15(20)21)9-5-6-14(23-4)24-18/h5-8,10,14H,9H2,1-4H3/t14?,18-/m1/s1. The van der Waals surface area contributed by atoms with Crippen LogP contribution in [0.25, 0.3) is 0 Å². The first kappa shape index (κ1) is 17.9. The number of fused-ring (bicyclic) bond motifs is 2. The molecule has 0 fully saturated rings. The van der Waals surface area contributed by atoms with Gasteiger partial charge in [-0.15, -0.1) is 0 Å². The number of benzene rings is 1. The third kappa shape index (κ3) is 3.05. The van der Waals surface area contributed by atoms with Crippen LogP contribution < -0.4 is 4.90 Å². The predicted octanol–water partition coefficient (Wildman–Crippen LogP) is 3.77. The van der Waals surface area contributed by atoms with Crippen LogP contribution in [0.5, 0.6) is 0 Å². The average Bonchev–Trinajstić information content (AvgIpc) is 2.75.